The minimum absolute atomic E-state index is 0.861. The van der Waals surface area contributed by atoms with Gasteiger partial charge in [0, 0.05) is 6.54 Å². The lowest BCUT2D eigenvalue weighted by Gasteiger charge is -2.22. The Labute approximate surface area is 103 Å². The van der Waals surface area contributed by atoms with Crippen molar-refractivity contribution in [2.75, 3.05) is 0 Å². The number of imidazole rings is 1. The number of nitrogens with zero attached hydrogens (tertiary/aromatic N) is 2. The van der Waals surface area contributed by atoms with E-state index in [2.05, 4.69) is 40.7 Å². The number of para-hydroxylation sites is 2. The van der Waals surface area contributed by atoms with Crippen LogP contribution in [0.5, 0.6) is 0 Å². The van der Waals surface area contributed by atoms with Crippen LogP contribution in [-0.2, 0) is 6.54 Å². The highest BCUT2D eigenvalue weighted by Gasteiger charge is 2.16. The molecule has 0 saturated heterocycles. The predicted octanol–water partition coefficient (Wildman–Crippen LogP) is 3.93. The fraction of sp³-hybridized carbons (Fsp3) is 0.533. The maximum Gasteiger partial charge on any atom is 0.106 e. The number of aromatic nitrogens is 2. The van der Waals surface area contributed by atoms with E-state index in [1.54, 1.807) is 0 Å². The molecular weight excluding hydrogens is 208 g/mol. The van der Waals surface area contributed by atoms with Gasteiger partial charge in [-0.2, -0.15) is 0 Å². The van der Waals surface area contributed by atoms with Gasteiger partial charge in [0.15, 0.2) is 0 Å². The first-order valence-corrected chi connectivity index (χ1v) is 6.76. The predicted molar refractivity (Wildman–Crippen MR) is 71.0 cm³/mol. The zero-order chi connectivity index (χ0) is 11.7. The number of hydrogen-bond acceptors (Lipinski definition) is 1. The molecule has 0 radical (unpaired) electrons. The first-order chi connectivity index (χ1) is 8.34. The second-order valence-electron chi connectivity index (χ2n) is 5.26. The Morgan fingerprint density at radius 3 is 2.76 bits per heavy atom. The molecule has 1 aromatic heterocycles. The van der Waals surface area contributed by atoms with Crippen LogP contribution < -0.4 is 0 Å². The summed E-state index contributed by atoms with van der Waals surface area (Å²) in [6.45, 7) is 3.29. The van der Waals surface area contributed by atoms with Gasteiger partial charge in [-0.15, -0.1) is 0 Å². The van der Waals surface area contributed by atoms with E-state index < -0.39 is 0 Å². The maximum absolute atomic E-state index is 4.64. The van der Waals surface area contributed by atoms with Gasteiger partial charge in [0.25, 0.3) is 0 Å². The molecule has 0 N–H and O–H groups in total. The number of rotatable bonds is 2. The van der Waals surface area contributed by atoms with E-state index in [9.17, 15) is 0 Å². The second kappa shape index (κ2) is 4.52. The first-order valence-electron chi connectivity index (χ1n) is 6.76. The molecule has 2 aromatic rings. The highest BCUT2D eigenvalue weighted by Crippen LogP contribution is 2.27. The Hall–Kier alpha value is -1.31. The minimum atomic E-state index is 0.861. The number of fused-ring (bicyclic) bond motifs is 1. The largest absolute Gasteiger partial charge is 0.328 e. The van der Waals surface area contributed by atoms with E-state index in [-0.39, 0.29) is 0 Å². The van der Waals surface area contributed by atoms with E-state index in [0.717, 1.165) is 23.8 Å². The first kappa shape index (κ1) is 10.8. The lowest BCUT2D eigenvalue weighted by atomic mass is 9.89. The molecule has 0 spiro atoms. The van der Waals surface area contributed by atoms with Crippen LogP contribution in [-0.4, -0.2) is 9.55 Å². The highest BCUT2D eigenvalue weighted by atomic mass is 15.1. The number of hydrogen-bond donors (Lipinski definition) is 0. The normalized spacial score (nSPS) is 17.7. The molecule has 90 valence electrons. The molecule has 2 nitrogen and oxygen atoms in total. The van der Waals surface area contributed by atoms with Gasteiger partial charge >= 0.3 is 0 Å². The van der Waals surface area contributed by atoms with Crippen molar-refractivity contribution < 1.29 is 0 Å². The minimum Gasteiger partial charge on any atom is -0.328 e. The zero-order valence-corrected chi connectivity index (χ0v) is 10.5. The average molecular weight is 228 g/mol. The quantitative estimate of drug-likeness (QED) is 0.761. The Morgan fingerprint density at radius 1 is 1.18 bits per heavy atom. The van der Waals surface area contributed by atoms with Crippen LogP contribution in [0, 0.1) is 12.8 Å². The van der Waals surface area contributed by atoms with E-state index in [0.29, 0.717) is 0 Å². The Kier molecular flexibility index (Phi) is 2.87. The Bertz CT molecular complexity index is 507. The SMILES string of the molecule is Cc1nc2ccccc2n1CC1CCCCC1. The summed E-state index contributed by atoms with van der Waals surface area (Å²) in [6.07, 6.45) is 7.05. The molecular formula is C15H20N2. The van der Waals surface area contributed by atoms with Crippen molar-refractivity contribution in [3.05, 3.63) is 30.1 Å². The van der Waals surface area contributed by atoms with Gasteiger partial charge < -0.3 is 4.57 Å². The second-order valence-corrected chi connectivity index (χ2v) is 5.26. The van der Waals surface area contributed by atoms with Gasteiger partial charge in [0.1, 0.15) is 5.82 Å². The van der Waals surface area contributed by atoms with Crippen LogP contribution >= 0.6 is 0 Å². The molecule has 1 saturated carbocycles. The van der Waals surface area contributed by atoms with E-state index in [1.165, 1.54) is 37.6 Å². The number of aryl methyl sites for hydroxylation is 1. The molecule has 3 rings (SSSR count). The highest BCUT2D eigenvalue weighted by molar-refractivity contribution is 5.75. The van der Waals surface area contributed by atoms with Crippen molar-refractivity contribution in [3.63, 3.8) is 0 Å². The van der Waals surface area contributed by atoms with Crippen LogP contribution in [0.2, 0.25) is 0 Å². The van der Waals surface area contributed by atoms with Crippen LogP contribution in [0.15, 0.2) is 24.3 Å². The summed E-state index contributed by atoms with van der Waals surface area (Å²) in [5.41, 5.74) is 2.44. The lowest BCUT2D eigenvalue weighted by Crippen LogP contribution is -2.14. The van der Waals surface area contributed by atoms with Crippen LogP contribution in [0.4, 0.5) is 0 Å². The molecule has 1 heterocycles. The van der Waals surface area contributed by atoms with Crippen LogP contribution in [0.3, 0.4) is 0 Å². The van der Waals surface area contributed by atoms with Crippen molar-refractivity contribution in [1.82, 2.24) is 9.55 Å². The smallest absolute Gasteiger partial charge is 0.106 e. The van der Waals surface area contributed by atoms with E-state index >= 15 is 0 Å². The zero-order valence-electron chi connectivity index (χ0n) is 10.5. The van der Waals surface area contributed by atoms with Crippen molar-refractivity contribution in [3.8, 4) is 0 Å². The molecule has 0 atom stereocenters. The van der Waals surface area contributed by atoms with Crippen molar-refractivity contribution >= 4 is 11.0 Å². The van der Waals surface area contributed by atoms with Gasteiger partial charge in [-0.3, -0.25) is 0 Å². The molecule has 1 aliphatic carbocycles. The summed E-state index contributed by atoms with van der Waals surface area (Å²) in [7, 11) is 0. The summed E-state index contributed by atoms with van der Waals surface area (Å²) in [5, 5.41) is 0. The van der Waals surface area contributed by atoms with Crippen LogP contribution in [0.1, 0.15) is 37.9 Å². The third-order valence-corrected chi connectivity index (χ3v) is 4.01. The average Bonchev–Trinajstić information content (AvgIpc) is 2.68. The summed E-state index contributed by atoms with van der Waals surface area (Å²) in [4.78, 5) is 4.64. The molecule has 2 heteroatoms. The van der Waals surface area contributed by atoms with E-state index in [4.69, 9.17) is 0 Å². The van der Waals surface area contributed by atoms with Gasteiger partial charge in [-0.05, 0) is 37.8 Å². The topological polar surface area (TPSA) is 17.8 Å². The monoisotopic (exact) mass is 228 g/mol. The summed E-state index contributed by atoms with van der Waals surface area (Å²) in [5.74, 6) is 2.02. The fourth-order valence-corrected chi connectivity index (χ4v) is 3.05. The fourth-order valence-electron chi connectivity index (χ4n) is 3.05. The molecule has 0 bridgehead atoms. The summed E-state index contributed by atoms with van der Waals surface area (Å²) in [6, 6.07) is 8.48. The third-order valence-electron chi connectivity index (χ3n) is 4.01. The molecule has 1 fully saturated rings. The number of benzene rings is 1. The third kappa shape index (κ3) is 2.08. The molecule has 1 aromatic carbocycles. The molecule has 0 unspecified atom stereocenters. The lowest BCUT2D eigenvalue weighted by molar-refractivity contribution is 0.320. The van der Waals surface area contributed by atoms with Crippen LogP contribution in [0.25, 0.3) is 11.0 Å². The molecule has 0 aliphatic heterocycles. The van der Waals surface area contributed by atoms with Gasteiger partial charge in [-0.1, -0.05) is 31.4 Å². The Morgan fingerprint density at radius 2 is 1.94 bits per heavy atom. The molecule has 1 aliphatic rings. The summed E-state index contributed by atoms with van der Waals surface area (Å²) < 4.78 is 2.41. The van der Waals surface area contributed by atoms with Gasteiger partial charge in [-0.25, -0.2) is 4.98 Å². The van der Waals surface area contributed by atoms with Gasteiger partial charge in [0.2, 0.25) is 0 Å². The molecule has 0 amide bonds. The van der Waals surface area contributed by atoms with Crippen molar-refractivity contribution in [2.24, 2.45) is 5.92 Å². The standard InChI is InChI=1S/C15H20N2/c1-12-16-14-9-5-6-10-15(14)17(12)11-13-7-3-2-4-8-13/h5-6,9-10,13H,2-4,7-8,11H2,1H3. The van der Waals surface area contributed by atoms with Gasteiger partial charge in [0.05, 0.1) is 11.0 Å². The molecule has 17 heavy (non-hydrogen) atoms. The van der Waals surface area contributed by atoms with E-state index in [1.807, 2.05) is 0 Å². The van der Waals surface area contributed by atoms with Crippen molar-refractivity contribution in [2.45, 2.75) is 45.6 Å². The summed E-state index contributed by atoms with van der Waals surface area (Å²) >= 11 is 0. The Balaban J connectivity index is 1.90. The maximum atomic E-state index is 4.64. The van der Waals surface area contributed by atoms with Crippen molar-refractivity contribution in [1.29, 1.82) is 0 Å².